The number of hydrogen-bond donors (Lipinski definition) is 3. The summed E-state index contributed by atoms with van der Waals surface area (Å²) in [7, 11) is -5.79. The van der Waals surface area contributed by atoms with E-state index in [9.17, 15) is 45.5 Å². The number of nitrogens with zero attached hydrogens (tertiary/aromatic N) is 4. The van der Waals surface area contributed by atoms with Crippen LogP contribution < -0.4 is 18.4 Å². The summed E-state index contributed by atoms with van der Waals surface area (Å²) in [5.74, 6) is -0.692. The van der Waals surface area contributed by atoms with Gasteiger partial charge < -0.3 is 57.3 Å². The third kappa shape index (κ3) is 31.7. The molecular formula is C36H50AlCl2F4N4O15P3S2. The molecule has 0 amide bonds. The Bertz CT molecular complexity index is 1980. The molecule has 0 aromatic heterocycles. The van der Waals surface area contributed by atoms with Gasteiger partial charge in [-0.2, -0.15) is 34.0 Å². The van der Waals surface area contributed by atoms with Crippen molar-refractivity contribution >= 4 is 112 Å². The van der Waals surface area contributed by atoms with E-state index >= 15 is 0 Å². The summed E-state index contributed by atoms with van der Waals surface area (Å²) in [4.78, 5) is 74.0. The van der Waals surface area contributed by atoms with Crippen LogP contribution in [0.1, 0.15) is 55.5 Å². The molecule has 376 valence electrons. The van der Waals surface area contributed by atoms with Gasteiger partial charge in [0.2, 0.25) is 0 Å². The van der Waals surface area contributed by atoms with Gasteiger partial charge in [0.1, 0.15) is 13.7 Å². The fourth-order valence-corrected chi connectivity index (χ4v) is 7.41. The molecule has 0 saturated carbocycles. The molecule has 3 aromatic rings. The number of hydrogen-bond acceptors (Lipinski definition) is 18. The maximum atomic E-state index is 13.4. The largest absolute Gasteiger partial charge is 3.00 e. The SMILES string of the molecule is CCOP([O-])O.CCOP([O-])O.CCOP([O-])O.CO/N=C(\C(=O)OC)c1ccccc1CO/N=C(\C)c1cccc(C(F)(F)F)c1.Cc1ccc(N(SC(F)(Cl)Cl)S(=O)(=O)N(C)C)cc1.[Al+3]. The van der Waals surface area contributed by atoms with Crippen LogP contribution in [0.15, 0.2) is 83.1 Å². The van der Waals surface area contributed by atoms with Crippen LogP contribution in [0.4, 0.5) is 23.2 Å². The fourth-order valence-electron chi connectivity index (χ4n) is 3.91. The van der Waals surface area contributed by atoms with E-state index in [2.05, 4.69) is 23.9 Å². The second-order valence-corrected chi connectivity index (χ2v) is 18.9. The van der Waals surface area contributed by atoms with Gasteiger partial charge in [-0.1, -0.05) is 87.6 Å². The van der Waals surface area contributed by atoms with Gasteiger partial charge in [-0.15, -0.1) is 0 Å². The summed E-state index contributed by atoms with van der Waals surface area (Å²) >= 11 is 10.7. The maximum Gasteiger partial charge on any atom is 3.00 e. The molecule has 3 unspecified atom stereocenters. The van der Waals surface area contributed by atoms with Crippen LogP contribution in [0.5, 0.6) is 0 Å². The molecule has 31 heteroatoms. The molecule has 0 aliphatic rings. The molecule has 0 fully saturated rings. The third-order valence-corrected chi connectivity index (χ3v) is 11.5. The Kier molecular flexibility index (Phi) is 38.0. The summed E-state index contributed by atoms with van der Waals surface area (Å²) in [6.45, 7) is 9.20. The Hall–Kier alpha value is -2.11. The number of ether oxygens (including phenoxy) is 1. The van der Waals surface area contributed by atoms with E-state index in [4.69, 9.17) is 52.3 Å². The van der Waals surface area contributed by atoms with E-state index in [1.807, 2.05) is 6.92 Å². The van der Waals surface area contributed by atoms with Crippen molar-refractivity contribution in [1.29, 1.82) is 0 Å². The van der Waals surface area contributed by atoms with E-state index in [1.54, 1.807) is 69.3 Å². The van der Waals surface area contributed by atoms with Crippen LogP contribution >= 0.6 is 61.0 Å². The summed E-state index contributed by atoms with van der Waals surface area (Å²) in [5.41, 5.74) is 1.92. The smallest absolute Gasteiger partial charge is 0.786 e. The summed E-state index contributed by atoms with van der Waals surface area (Å²) in [6.07, 6.45) is -4.44. The number of benzene rings is 3. The van der Waals surface area contributed by atoms with Crippen molar-refractivity contribution < 1.29 is 88.1 Å². The first-order valence-corrected chi connectivity index (χ1v) is 24.5. The number of alkyl halides is 6. The zero-order valence-electron chi connectivity index (χ0n) is 37.3. The molecule has 3 N–H and O–H groups in total. The number of methoxy groups -OCH3 is 1. The minimum Gasteiger partial charge on any atom is -0.786 e. The van der Waals surface area contributed by atoms with Crippen LogP contribution in [-0.4, -0.2) is 114 Å². The zero-order valence-corrected chi connectivity index (χ0v) is 44.3. The van der Waals surface area contributed by atoms with Crippen molar-refractivity contribution in [3.05, 3.63) is 101 Å². The molecule has 0 radical (unpaired) electrons. The van der Waals surface area contributed by atoms with E-state index < -0.39 is 57.6 Å². The van der Waals surface area contributed by atoms with E-state index in [1.165, 1.54) is 47.4 Å². The molecule has 19 nitrogen and oxygen atoms in total. The normalized spacial score (nSPS) is 12.9. The fraction of sp³-hybridized carbons (Fsp3) is 0.417. The first-order chi connectivity index (χ1) is 30.6. The van der Waals surface area contributed by atoms with Crippen LogP contribution in [0.25, 0.3) is 0 Å². The second-order valence-electron chi connectivity index (χ2n) is 11.7. The van der Waals surface area contributed by atoms with Crippen molar-refractivity contribution in [2.75, 3.05) is 51.8 Å². The average molecular weight is 1110 g/mol. The monoisotopic (exact) mass is 1110 g/mol. The predicted octanol–water partition coefficient (Wildman–Crippen LogP) is 5.91. The van der Waals surface area contributed by atoms with Crippen molar-refractivity contribution in [3.63, 3.8) is 0 Å². The van der Waals surface area contributed by atoms with Gasteiger partial charge >= 0.3 is 43.6 Å². The number of halogens is 6. The Labute approximate surface area is 416 Å². The van der Waals surface area contributed by atoms with Crippen molar-refractivity contribution in [3.8, 4) is 0 Å². The van der Waals surface area contributed by atoms with E-state index in [-0.39, 0.29) is 58.6 Å². The summed E-state index contributed by atoms with van der Waals surface area (Å²) in [6, 6.07) is 18.0. The van der Waals surface area contributed by atoms with Gasteiger partial charge in [0.25, 0.3) is 0 Å². The summed E-state index contributed by atoms with van der Waals surface area (Å²) in [5, 5.41) is 7.58. The van der Waals surface area contributed by atoms with Crippen LogP contribution in [0.3, 0.4) is 0 Å². The van der Waals surface area contributed by atoms with Gasteiger partial charge in [-0.25, -0.2) is 4.79 Å². The van der Waals surface area contributed by atoms with Gasteiger partial charge in [0.15, 0.2) is 5.71 Å². The molecule has 0 aliphatic carbocycles. The van der Waals surface area contributed by atoms with Gasteiger partial charge in [0.05, 0.1) is 49.9 Å². The van der Waals surface area contributed by atoms with Gasteiger partial charge in [0, 0.05) is 57.0 Å². The predicted molar refractivity (Wildman–Crippen MR) is 248 cm³/mol. The Balaban J connectivity index is -0.000000916. The van der Waals surface area contributed by atoms with Crippen molar-refractivity contribution in [1.82, 2.24) is 4.31 Å². The Morgan fingerprint density at radius 3 is 1.70 bits per heavy atom. The molecule has 67 heavy (non-hydrogen) atoms. The molecule has 0 heterocycles. The van der Waals surface area contributed by atoms with E-state index in [0.29, 0.717) is 30.9 Å². The first-order valence-electron chi connectivity index (χ1n) is 18.2. The number of oxime groups is 2. The standard InChI is InChI=1S/C20H19F3N2O4.C10H13Cl2FN2O2S2.3C2H6O3P.Al/c1-13(14-8-6-9-16(11-14)20(21,22)23)24-29-12-15-7-4-5-10-17(15)18(25-28-3)19(26)27-2;1-8-4-6-9(7-5-8)15(18-10(11,12)13)19(16,17)14(2)3;3*1-2-5-6(3)4;/h4-11H,12H2,1-3H3;4-7H,1-3H3;3*3H,2H2,1H3;/q;;3*-1;+3/b24-13+,25-18-;;;;;. The quantitative estimate of drug-likeness (QED) is 0.0195. The number of carbonyl (C=O) groups excluding carboxylic acids is 1. The van der Waals surface area contributed by atoms with Crippen molar-refractivity contribution in [2.24, 2.45) is 10.3 Å². The van der Waals surface area contributed by atoms with Crippen LogP contribution in [0, 0.1) is 6.92 Å². The molecule has 3 atom stereocenters. The zero-order chi connectivity index (χ0) is 51.3. The average Bonchev–Trinajstić information content (AvgIpc) is 3.22. The second kappa shape index (κ2) is 36.8. The number of aryl methyl sites for hydroxylation is 1. The molecule has 0 saturated heterocycles. The van der Waals surface area contributed by atoms with Crippen LogP contribution in [0.2, 0.25) is 0 Å². The van der Waals surface area contributed by atoms with Crippen molar-refractivity contribution in [2.45, 2.75) is 51.3 Å². The summed E-state index contributed by atoms with van der Waals surface area (Å²) < 4.78 is 92.2. The molecule has 0 bridgehead atoms. The molecule has 0 aliphatic heterocycles. The topological polar surface area (TPSA) is 268 Å². The number of rotatable bonds is 18. The molecule has 3 aromatic carbocycles. The number of esters is 1. The molecular weight excluding hydrogens is 1060 g/mol. The van der Waals surface area contributed by atoms with Gasteiger partial charge in [-0.05, 0) is 64.4 Å². The van der Waals surface area contributed by atoms with Gasteiger partial charge in [-0.3, -0.25) is 0 Å². The molecule has 3 rings (SSSR count). The minimum atomic E-state index is -4.44. The Morgan fingerprint density at radius 2 is 1.31 bits per heavy atom. The number of anilines is 1. The maximum absolute atomic E-state index is 13.4. The first kappa shape index (κ1) is 69.2. The Morgan fingerprint density at radius 1 is 0.821 bits per heavy atom. The minimum absolute atomic E-state index is 0. The van der Waals surface area contributed by atoms with E-state index in [0.717, 1.165) is 25.7 Å². The third-order valence-electron chi connectivity index (χ3n) is 6.68. The van der Waals surface area contributed by atoms with Crippen LogP contribution in [-0.2, 0) is 55.8 Å². The number of carbonyl (C=O) groups is 1. The molecule has 0 spiro atoms.